The van der Waals surface area contributed by atoms with Gasteiger partial charge in [-0.3, -0.25) is 14.3 Å². The summed E-state index contributed by atoms with van der Waals surface area (Å²) in [5.41, 5.74) is 0. The van der Waals surface area contributed by atoms with E-state index >= 15 is 0 Å². The lowest BCUT2D eigenvalue weighted by Gasteiger charge is -2.16. The smallest absolute Gasteiger partial charge is 0.225 e. The lowest BCUT2D eigenvalue weighted by Crippen LogP contribution is -2.34. The van der Waals surface area contributed by atoms with Gasteiger partial charge in [0.1, 0.15) is 12.7 Å². The molecule has 1 saturated carbocycles. The number of nitrogens with one attached hydrogen (secondary N) is 1. The lowest BCUT2D eigenvalue weighted by atomic mass is 10.1. The van der Waals surface area contributed by atoms with Gasteiger partial charge in [0.2, 0.25) is 11.8 Å². The van der Waals surface area contributed by atoms with E-state index in [0.717, 1.165) is 19.5 Å². The Bertz CT molecular complexity index is 497. The Morgan fingerprint density at radius 2 is 2.29 bits per heavy atom. The molecule has 2 aliphatic rings. The Morgan fingerprint density at radius 3 is 3.00 bits per heavy atom. The van der Waals surface area contributed by atoms with Crippen molar-refractivity contribution in [3.05, 3.63) is 12.7 Å². The maximum Gasteiger partial charge on any atom is 0.225 e. The van der Waals surface area contributed by atoms with Crippen molar-refractivity contribution in [3.63, 3.8) is 0 Å². The highest BCUT2D eigenvalue weighted by atomic mass is 16.2. The van der Waals surface area contributed by atoms with Crippen LogP contribution < -0.4 is 5.32 Å². The number of carbonyl (C=O) groups excluding carboxylic acids is 2. The van der Waals surface area contributed by atoms with Gasteiger partial charge in [-0.1, -0.05) is 0 Å². The third-order valence-corrected chi connectivity index (χ3v) is 4.09. The Hall–Kier alpha value is -1.92. The largest absolute Gasteiger partial charge is 0.356 e. The Balaban J connectivity index is 1.36. The SMILES string of the molecule is O=C(NCCCn1cncn1)C1CC(=O)N(CC2CC2)C1. The summed E-state index contributed by atoms with van der Waals surface area (Å²) >= 11 is 0. The minimum Gasteiger partial charge on any atom is -0.356 e. The average molecular weight is 291 g/mol. The van der Waals surface area contributed by atoms with E-state index in [1.54, 1.807) is 11.0 Å². The van der Waals surface area contributed by atoms with Crippen molar-refractivity contribution in [2.45, 2.75) is 32.2 Å². The molecule has 1 saturated heterocycles. The van der Waals surface area contributed by atoms with Crippen LogP contribution in [0.1, 0.15) is 25.7 Å². The molecule has 2 heterocycles. The summed E-state index contributed by atoms with van der Waals surface area (Å²) in [4.78, 5) is 29.7. The molecule has 1 N–H and O–H groups in total. The van der Waals surface area contributed by atoms with Gasteiger partial charge in [-0.15, -0.1) is 0 Å². The fourth-order valence-corrected chi connectivity index (χ4v) is 2.68. The van der Waals surface area contributed by atoms with Gasteiger partial charge in [0, 0.05) is 32.6 Å². The first-order valence-corrected chi connectivity index (χ1v) is 7.60. The number of likely N-dealkylation sites (tertiary alicyclic amines) is 1. The molecule has 7 nitrogen and oxygen atoms in total. The topological polar surface area (TPSA) is 80.1 Å². The molecular formula is C14H21N5O2. The molecule has 21 heavy (non-hydrogen) atoms. The van der Waals surface area contributed by atoms with Crippen molar-refractivity contribution in [1.82, 2.24) is 25.0 Å². The summed E-state index contributed by atoms with van der Waals surface area (Å²) in [6, 6.07) is 0. The van der Waals surface area contributed by atoms with Crippen LogP contribution in [0.2, 0.25) is 0 Å². The molecule has 1 atom stereocenters. The monoisotopic (exact) mass is 291 g/mol. The molecular weight excluding hydrogens is 270 g/mol. The first-order valence-electron chi connectivity index (χ1n) is 7.60. The van der Waals surface area contributed by atoms with Gasteiger partial charge in [0.15, 0.2) is 0 Å². The molecule has 1 unspecified atom stereocenters. The van der Waals surface area contributed by atoms with Gasteiger partial charge < -0.3 is 10.2 Å². The van der Waals surface area contributed by atoms with Gasteiger partial charge in [0.05, 0.1) is 5.92 Å². The van der Waals surface area contributed by atoms with Crippen molar-refractivity contribution in [1.29, 1.82) is 0 Å². The molecule has 0 bridgehead atoms. The summed E-state index contributed by atoms with van der Waals surface area (Å²) in [7, 11) is 0. The fraction of sp³-hybridized carbons (Fsp3) is 0.714. The van der Waals surface area contributed by atoms with Crippen molar-refractivity contribution in [2.75, 3.05) is 19.6 Å². The van der Waals surface area contributed by atoms with Gasteiger partial charge in [-0.25, -0.2) is 4.98 Å². The third-order valence-electron chi connectivity index (χ3n) is 4.09. The molecule has 3 rings (SSSR count). The number of hydrogen-bond donors (Lipinski definition) is 1. The number of aromatic nitrogens is 3. The summed E-state index contributed by atoms with van der Waals surface area (Å²) in [6.07, 6.45) is 6.78. The second-order valence-corrected chi connectivity index (χ2v) is 5.95. The van der Waals surface area contributed by atoms with E-state index in [1.165, 1.54) is 19.2 Å². The van der Waals surface area contributed by atoms with Crippen molar-refractivity contribution < 1.29 is 9.59 Å². The van der Waals surface area contributed by atoms with E-state index in [0.29, 0.717) is 25.4 Å². The van der Waals surface area contributed by atoms with Gasteiger partial charge in [0.25, 0.3) is 0 Å². The fourth-order valence-electron chi connectivity index (χ4n) is 2.68. The molecule has 7 heteroatoms. The molecule has 2 amide bonds. The van der Waals surface area contributed by atoms with Crippen LogP contribution in [0.25, 0.3) is 0 Å². The zero-order valence-electron chi connectivity index (χ0n) is 12.1. The number of aryl methyl sites for hydroxylation is 1. The van der Waals surface area contributed by atoms with E-state index in [-0.39, 0.29) is 17.7 Å². The van der Waals surface area contributed by atoms with E-state index in [9.17, 15) is 9.59 Å². The normalized spacial score (nSPS) is 21.8. The highest BCUT2D eigenvalue weighted by Gasteiger charge is 2.36. The predicted octanol–water partition coefficient (Wildman–Crippen LogP) is 0.0429. The number of carbonyl (C=O) groups is 2. The molecule has 0 radical (unpaired) electrons. The summed E-state index contributed by atoms with van der Waals surface area (Å²) in [6.45, 7) is 2.77. The zero-order chi connectivity index (χ0) is 14.7. The second-order valence-electron chi connectivity index (χ2n) is 5.95. The number of rotatable bonds is 7. The minimum atomic E-state index is -0.178. The van der Waals surface area contributed by atoms with Crippen molar-refractivity contribution in [3.8, 4) is 0 Å². The van der Waals surface area contributed by atoms with E-state index < -0.39 is 0 Å². The molecule has 1 aliphatic carbocycles. The highest BCUT2D eigenvalue weighted by Crippen LogP contribution is 2.31. The molecule has 1 aliphatic heterocycles. The van der Waals surface area contributed by atoms with Gasteiger partial charge >= 0.3 is 0 Å². The predicted molar refractivity (Wildman–Crippen MR) is 75.1 cm³/mol. The molecule has 1 aromatic heterocycles. The van der Waals surface area contributed by atoms with Crippen LogP contribution in [0.4, 0.5) is 0 Å². The lowest BCUT2D eigenvalue weighted by molar-refractivity contribution is -0.129. The molecule has 114 valence electrons. The quantitative estimate of drug-likeness (QED) is 0.720. The van der Waals surface area contributed by atoms with E-state index in [1.807, 2.05) is 4.90 Å². The van der Waals surface area contributed by atoms with E-state index in [4.69, 9.17) is 0 Å². The van der Waals surface area contributed by atoms with Crippen LogP contribution in [0.15, 0.2) is 12.7 Å². The van der Waals surface area contributed by atoms with Crippen molar-refractivity contribution >= 4 is 11.8 Å². The van der Waals surface area contributed by atoms with Crippen LogP contribution in [-0.2, 0) is 16.1 Å². The Kier molecular flexibility index (Phi) is 4.17. The van der Waals surface area contributed by atoms with Gasteiger partial charge in [-0.2, -0.15) is 5.10 Å². The first kappa shape index (κ1) is 14.0. The number of nitrogens with zero attached hydrogens (tertiary/aromatic N) is 4. The zero-order valence-corrected chi connectivity index (χ0v) is 12.1. The highest BCUT2D eigenvalue weighted by molar-refractivity contribution is 5.89. The first-order chi connectivity index (χ1) is 10.2. The van der Waals surface area contributed by atoms with Crippen LogP contribution in [0, 0.1) is 11.8 Å². The maximum absolute atomic E-state index is 12.1. The van der Waals surface area contributed by atoms with Crippen LogP contribution in [0.3, 0.4) is 0 Å². The second kappa shape index (κ2) is 6.24. The third kappa shape index (κ3) is 3.80. The number of hydrogen-bond acceptors (Lipinski definition) is 4. The Morgan fingerprint density at radius 1 is 1.43 bits per heavy atom. The van der Waals surface area contributed by atoms with Crippen LogP contribution in [-0.4, -0.2) is 51.1 Å². The Labute approximate surface area is 123 Å². The molecule has 2 fully saturated rings. The van der Waals surface area contributed by atoms with Crippen molar-refractivity contribution in [2.24, 2.45) is 11.8 Å². The maximum atomic E-state index is 12.1. The van der Waals surface area contributed by atoms with Gasteiger partial charge in [-0.05, 0) is 25.2 Å². The van der Waals surface area contributed by atoms with E-state index in [2.05, 4.69) is 15.4 Å². The average Bonchev–Trinajstić information content (AvgIpc) is 2.98. The molecule has 0 aromatic carbocycles. The summed E-state index contributed by atoms with van der Waals surface area (Å²) < 4.78 is 1.74. The summed E-state index contributed by atoms with van der Waals surface area (Å²) in [5.74, 6) is 0.631. The van der Waals surface area contributed by atoms with Crippen LogP contribution in [0.5, 0.6) is 0 Å². The number of amides is 2. The minimum absolute atomic E-state index is 0.000220. The molecule has 1 aromatic rings. The summed E-state index contributed by atoms with van der Waals surface area (Å²) in [5, 5.41) is 6.92. The standard InChI is InChI=1S/C14H21N5O2/c20-13-6-12(8-18(13)7-11-2-3-11)14(21)16-4-1-5-19-10-15-9-17-19/h9-12H,1-8H2,(H,16,21). The van der Waals surface area contributed by atoms with Crippen LogP contribution >= 0.6 is 0 Å². The molecule has 0 spiro atoms.